The van der Waals surface area contributed by atoms with Crippen molar-refractivity contribution in [3.8, 4) is 0 Å². The van der Waals surface area contributed by atoms with Gasteiger partial charge in [0.15, 0.2) is 0 Å². The highest BCUT2D eigenvalue weighted by Crippen LogP contribution is 2.21. The number of rotatable bonds is 4. The molecule has 12 heavy (non-hydrogen) atoms. The van der Waals surface area contributed by atoms with Gasteiger partial charge in [-0.1, -0.05) is 26.7 Å². The molecule has 0 aliphatic carbocycles. The summed E-state index contributed by atoms with van der Waals surface area (Å²) in [5, 5.41) is 8.75. The molecule has 0 spiro atoms. The van der Waals surface area contributed by atoms with E-state index in [2.05, 4.69) is 0 Å². The number of halogens is 1. The minimum absolute atomic E-state index is 0. The van der Waals surface area contributed by atoms with Crippen LogP contribution >= 0.6 is 12.4 Å². The highest BCUT2D eigenvalue weighted by molar-refractivity contribution is 5.85. The van der Waals surface area contributed by atoms with E-state index in [1.165, 1.54) is 0 Å². The first kappa shape index (κ1) is 14.3. The van der Waals surface area contributed by atoms with Gasteiger partial charge in [0.05, 0.1) is 0 Å². The van der Waals surface area contributed by atoms with Crippen molar-refractivity contribution in [2.24, 2.45) is 11.7 Å². The Bertz CT molecular complexity index is 144. The van der Waals surface area contributed by atoms with Crippen molar-refractivity contribution in [1.29, 1.82) is 0 Å². The Morgan fingerprint density at radius 1 is 1.50 bits per heavy atom. The zero-order valence-electron chi connectivity index (χ0n) is 7.83. The van der Waals surface area contributed by atoms with E-state index in [-0.39, 0.29) is 18.3 Å². The van der Waals surface area contributed by atoms with Gasteiger partial charge in [-0.2, -0.15) is 0 Å². The van der Waals surface area contributed by atoms with Crippen LogP contribution in [0.1, 0.15) is 33.6 Å². The Hall–Kier alpha value is -0.280. The summed E-state index contributed by atoms with van der Waals surface area (Å²) in [6.45, 7) is 5.50. The quantitative estimate of drug-likeness (QED) is 0.717. The molecule has 0 aliphatic heterocycles. The molecule has 4 heteroatoms. The molecule has 0 aromatic heterocycles. The molecule has 0 fully saturated rings. The number of hydrogen-bond acceptors (Lipinski definition) is 2. The minimum atomic E-state index is -1.07. The summed E-state index contributed by atoms with van der Waals surface area (Å²) in [5.74, 6) is -0.841. The number of carboxylic acid groups (broad SMARTS) is 1. The first-order valence-corrected chi connectivity index (χ1v) is 3.99. The molecular formula is C8H18ClNO2. The fraction of sp³-hybridized carbons (Fsp3) is 0.875. The number of nitrogens with two attached hydrogens (primary N) is 1. The Morgan fingerprint density at radius 3 is 1.92 bits per heavy atom. The van der Waals surface area contributed by atoms with Crippen molar-refractivity contribution in [3.63, 3.8) is 0 Å². The van der Waals surface area contributed by atoms with Gasteiger partial charge in [-0.25, -0.2) is 0 Å². The predicted molar refractivity (Wildman–Crippen MR) is 51.5 cm³/mol. The van der Waals surface area contributed by atoms with Gasteiger partial charge in [0.2, 0.25) is 0 Å². The van der Waals surface area contributed by atoms with E-state index in [1.807, 2.05) is 13.8 Å². The van der Waals surface area contributed by atoms with Crippen molar-refractivity contribution >= 4 is 18.4 Å². The lowest BCUT2D eigenvalue weighted by molar-refractivity contribution is -0.144. The van der Waals surface area contributed by atoms with Gasteiger partial charge in [-0.3, -0.25) is 4.79 Å². The maximum absolute atomic E-state index is 10.7. The third-order valence-corrected chi connectivity index (χ3v) is 2.29. The van der Waals surface area contributed by atoms with Crippen LogP contribution in [0.3, 0.4) is 0 Å². The maximum atomic E-state index is 10.7. The van der Waals surface area contributed by atoms with Crippen molar-refractivity contribution in [1.82, 2.24) is 0 Å². The molecule has 0 amide bonds. The number of hydrogen-bond donors (Lipinski definition) is 2. The van der Waals surface area contributed by atoms with Gasteiger partial charge >= 0.3 is 5.97 Å². The maximum Gasteiger partial charge on any atom is 0.323 e. The summed E-state index contributed by atoms with van der Waals surface area (Å²) in [6.07, 6.45) is 1.63. The molecule has 0 unspecified atom stereocenters. The van der Waals surface area contributed by atoms with Crippen LogP contribution in [0.25, 0.3) is 0 Å². The summed E-state index contributed by atoms with van der Waals surface area (Å²) in [7, 11) is 0. The second-order valence-electron chi connectivity index (χ2n) is 3.10. The lowest BCUT2D eigenvalue weighted by atomic mass is 9.83. The molecule has 0 aliphatic rings. The normalized spacial score (nSPS) is 15.1. The van der Waals surface area contributed by atoms with Gasteiger partial charge in [-0.05, 0) is 12.8 Å². The average molecular weight is 196 g/mol. The predicted octanol–water partition coefficient (Wildman–Crippen LogP) is 1.65. The van der Waals surface area contributed by atoms with Gasteiger partial charge in [0.1, 0.15) is 5.54 Å². The Morgan fingerprint density at radius 2 is 1.83 bits per heavy atom. The highest BCUT2D eigenvalue weighted by Gasteiger charge is 2.34. The zero-order chi connectivity index (χ0) is 9.07. The number of aliphatic carboxylic acids is 1. The van der Waals surface area contributed by atoms with Gasteiger partial charge < -0.3 is 10.8 Å². The molecule has 0 saturated carbocycles. The van der Waals surface area contributed by atoms with Crippen LogP contribution < -0.4 is 5.73 Å². The SMILES string of the molecule is CCC(CC)[C@](C)(N)C(=O)O.Cl. The Kier molecular flexibility index (Phi) is 6.39. The van der Waals surface area contributed by atoms with Crippen molar-refractivity contribution in [2.45, 2.75) is 39.2 Å². The lowest BCUT2D eigenvalue weighted by Crippen LogP contribution is -2.51. The molecule has 0 saturated heterocycles. The third kappa shape index (κ3) is 2.99. The molecule has 3 nitrogen and oxygen atoms in total. The molecule has 0 heterocycles. The van der Waals surface area contributed by atoms with Gasteiger partial charge in [0.25, 0.3) is 0 Å². The smallest absolute Gasteiger partial charge is 0.323 e. The number of carboxylic acids is 1. The second-order valence-corrected chi connectivity index (χ2v) is 3.10. The summed E-state index contributed by atoms with van der Waals surface area (Å²) in [5.41, 5.74) is 4.56. The van der Waals surface area contributed by atoms with E-state index in [0.717, 1.165) is 12.8 Å². The lowest BCUT2D eigenvalue weighted by Gasteiger charge is -2.28. The van der Waals surface area contributed by atoms with Crippen LogP contribution in [0.2, 0.25) is 0 Å². The summed E-state index contributed by atoms with van der Waals surface area (Å²) in [6, 6.07) is 0. The van der Waals surface area contributed by atoms with Crippen LogP contribution in [-0.2, 0) is 4.79 Å². The second kappa shape index (κ2) is 5.38. The average Bonchev–Trinajstić information content (AvgIpc) is 1.89. The fourth-order valence-electron chi connectivity index (χ4n) is 1.31. The zero-order valence-corrected chi connectivity index (χ0v) is 8.65. The van der Waals surface area contributed by atoms with Crippen LogP contribution in [0, 0.1) is 5.92 Å². The van der Waals surface area contributed by atoms with Crippen LogP contribution in [-0.4, -0.2) is 16.6 Å². The molecule has 3 N–H and O–H groups in total. The fourth-order valence-corrected chi connectivity index (χ4v) is 1.31. The first-order valence-electron chi connectivity index (χ1n) is 3.99. The molecule has 0 bridgehead atoms. The topological polar surface area (TPSA) is 63.3 Å². The molecular weight excluding hydrogens is 178 g/mol. The van der Waals surface area contributed by atoms with E-state index in [1.54, 1.807) is 6.92 Å². The van der Waals surface area contributed by atoms with E-state index in [4.69, 9.17) is 10.8 Å². The van der Waals surface area contributed by atoms with Crippen LogP contribution in [0.15, 0.2) is 0 Å². The monoisotopic (exact) mass is 195 g/mol. The Balaban J connectivity index is 0. The van der Waals surface area contributed by atoms with E-state index >= 15 is 0 Å². The van der Waals surface area contributed by atoms with Crippen LogP contribution in [0.5, 0.6) is 0 Å². The third-order valence-electron chi connectivity index (χ3n) is 2.29. The first-order chi connectivity index (χ1) is 4.96. The molecule has 0 radical (unpaired) electrons. The van der Waals surface area contributed by atoms with E-state index in [9.17, 15) is 4.79 Å². The van der Waals surface area contributed by atoms with Gasteiger partial charge in [0, 0.05) is 0 Å². The van der Waals surface area contributed by atoms with E-state index < -0.39 is 11.5 Å². The summed E-state index contributed by atoms with van der Waals surface area (Å²) >= 11 is 0. The largest absolute Gasteiger partial charge is 0.480 e. The summed E-state index contributed by atoms with van der Waals surface area (Å²) in [4.78, 5) is 10.7. The summed E-state index contributed by atoms with van der Waals surface area (Å²) < 4.78 is 0. The minimum Gasteiger partial charge on any atom is -0.480 e. The van der Waals surface area contributed by atoms with Crippen molar-refractivity contribution in [2.75, 3.05) is 0 Å². The highest BCUT2D eigenvalue weighted by atomic mass is 35.5. The molecule has 0 aromatic rings. The van der Waals surface area contributed by atoms with Crippen molar-refractivity contribution in [3.05, 3.63) is 0 Å². The van der Waals surface area contributed by atoms with Gasteiger partial charge in [-0.15, -0.1) is 12.4 Å². The standard InChI is InChI=1S/C8H17NO2.ClH/c1-4-6(5-2)8(3,9)7(10)11;/h6H,4-5,9H2,1-3H3,(H,10,11);1H/t8-;/m0./s1. The molecule has 0 rings (SSSR count). The van der Waals surface area contributed by atoms with Crippen molar-refractivity contribution < 1.29 is 9.90 Å². The molecule has 0 aromatic carbocycles. The van der Waals surface area contributed by atoms with Crippen LogP contribution in [0.4, 0.5) is 0 Å². The molecule has 74 valence electrons. The molecule has 1 atom stereocenters. The van der Waals surface area contributed by atoms with E-state index in [0.29, 0.717) is 0 Å². The Labute approximate surface area is 79.7 Å². The number of carbonyl (C=O) groups is 1.